The van der Waals surface area contributed by atoms with Crippen molar-refractivity contribution in [3.8, 4) is 5.75 Å². The molecule has 4 nitrogen and oxygen atoms in total. The van der Waals surface area contributed by atoms with Gasteiger partial charge in [-0.1, -0.05) is 53.9 Å². The number of carbonyl (C=O) groups excluding carboxylic acids is 1. The summed E-state index contributed by atoms with van der Waals surface area (Å²) in [4.78, 5) is 16.8. The molecule has 1 aromatic heterocycles. The van der Waals surface area contributed by atoms with E-state index in [1.54, 1.807) is 24.3 Å². The van der Waals surface area contributed by atoms with E-state index in [0.717, 1.165) is 17.5 Å². The van der Waals surface area contributed by atoms with Gasteiger partial charge in [-0.2, -0.15) is 0 Å². The highest BCUT2D eigenvalue weighted by atomic mass is 35.5. The first-order chi connectivity index (χ1) is 12.1. The second-order valence-corrected chi connectivity index (χ2v) is 7.23. The van der Waals surface area contributed by atoms with Crippen molar-refractivity contribution in [2.24, 2.45) is 0 Å². The summed E-state index contributed by atoms with van der Waals surface area (Å²) >= 11 is 13.5. The van der Waals surface area contributed by atoms with Gasteiger partial charge in [-0.3, -0.25) is 10.1 Å². The number of amides is 1. The van der Waals surface area contributed by atoms with Gasteiger partial charge < -0.3 is 4.74 Å². The molecule has 1 heterocycles. The molecule has 0 spiro atoms. The minimum absolute atomic E-state index is 0.248. The summed E-state index contributed by atoms with van der Waals surface area (Å²) in [5.74, 6) is 0.433. The second kappa shape index (κ2) is 8.04. The lowest BCUT2D eigenvalue weighted by atomic mass is 10.2. The molecule has 130 valence electrons. The molecule has 0 saturated carbocycles. The highest BCUT2D eigenvalue weighted by Crippen LogP contribution is 2.35. The Morgan fingerprint density at radius 1 is 1.28 bits per heavy atom. The SMILES string of the molecule is CCCCOc1cccc(C(=O)Nc2nc3c(Cl)c(Cl)ccc3s2)c1. The molecule has 0 saturated heterocycles. The fraction of sp³-hybridized carbons (Fsp3) is 0.222. The number of thiazole rings is 1. The number of ether oxygens (including phenoxy) is 1. The molecule has 2 aromatic carbocycles. The van der Waals surface area contributed by atoms with Crippen molar-refractivity contribution in [1.29, 1.82) is 0 Å². The summed E-state index contributed by atoms with van der Waals surface area (Å²) in [5.41, 5.74) is 1.10. The van der Waals surface area contributed by atoms with Crippen molar-refractivity contribution in [3.05, 3.63) is 52.0 Å². The molecular formula is C18H16Cl2N2O2S. The Hall–Kier alpha value is -1.82. The Morgan fingerprint density at radius 3 is 2.92 bits per heavy atom. The van der Waals surface area contributed by atoms with Crippen LogP contribution in [0.5, 0.6) is 5.75 Å². The number of nitrogens with zero attached hydrogens (tertiary/aromatic N) is 1. The minimum atomic E-state index is -0.248. The van der Waals surface area contributed by atoms with Gasteiger partial charge in [-0.25, -0.2) is 4.98 Å². The molecule has 3 aromatic rings. The van der Waals surface area contributed by atoms with E-state index in [-0.39, 0.29) is 5.91 Å². The zero-order chi connectivity index (χ0) is 17.8. The van der Waals surface area contributed by atoms with E-state index in [2.05, 4.69) is 17.2 Å². The monoisotopic (exact) mass is 394 g/mol. The summed E-state index contributed by atoms with van der Waals surface area (Å²) < 4.78 is 6.50. The van der Waals surface area contributed by atoms with E-state index >= 15 is 0 Å². The van der Waals surface area contributed by atoms with Gasteiger partial charge in [0.2, 0.25) is 0 Å². The predicted octanol–water partition coefficient (Wildman–Crippen LogP) is 6.03. The third-order valence-corrected chi connectivity index (χ3v) is 5.27. The highest BCUT2D eigenvalue weighted by Gasteiger charge is 2.13. The predicted molar refractivity (Wildman–Crippen MR) is 104 cm³/mol. The fourth-order valence-corrected chi connectivity index (χ4v) is 3.51. The van der Waals surface area contributed by atoms with E-state index in [4.69, 9.17) is 27.9 Å². The van der Waals surface area contributed by atoms with E-state index in [1.807, 2.05) is 12.1 Å². The maximum absolute atomic E-state index is 12.5. The van der Waals surface area contributed by atoms with Gasteiger partial charge in [0, 0.05) is 5.56 Å². The first-order valence-corrected chi connectivity index (χ1v) is 9.44. The van der Waals surface area contributed by atoms with Crippen LogP contribution >= 0.6 is 34.5 Å². The first kappa shape index (κ1) is 18.0. The number of fused-ring (bicyclic) bond motifs is 1. The molecular weight excluding hydrogens is 379 g/mol. The van der Waals surface area contributed by atoms with Crippen LogP contribution in [-0.4, -0.2) is 17.5 Å². The van der Waals surface area contributed by atoms with E-state index < -0.39 is 0 Å². The largest absolute Gasteiger partial charge is 0.494 e. The summed E-state index contributed by atoms with van der Waals surface area (Å²) in [6.07, 6.45) is 2.04. The molecule has 0 fully saturated rings. The number of unbranched alkanes of at least 4 members (excludes halogenated alkanes) is 1. The van der Waals surface area contributed by atoms with Gasteiger partial charge in [-0.05, 0) is 36.8 Å². The minimum Gasteiger partial charge on any atom is -0.494 e. The van der Waals surface area contributed by atoms with Crippen molar-refractivity contribution >= 4 is 55.8 Å². The third-order valence-electron chi connectivity index (χ3n) is 3.54. The number of benzene rings is 2. The van der Waals surface area contributed by atoms with Crippen LogP contribution in [0.3, 0.4) is 0 Å². The molecule has 0 aliphatic heterocycles. The third kappa shape index (κ3) is 4.24. The van der Waals surface area contributed by atoms with E-state index in [1.165, 1.54) is 11.3 Å². The summed E-state index contributed by atoms with van der Waals surface area (Å²) in [7, 11) is 0. The Kier molecular flexibility index (Phi) is 5.78. The van der Waals surface area contributed by atoms with Crippen LogP contribution in [0.25, 0.3) is 10.2 Å². The van der Waals surface area contributed by atoms with Gasteiger partial charge >= 0.3 is 0 Å². The molecule has 0 atom stereocenters. The fourth-order valence-electron chi connectivity index (χ4n) is 2.22. The maximum atomic E-state index is 12.5. The average Bonchev–Trinajstić information content (AvgIpc) is 3.02. The van der Waals surface area contributed by atoms with Crippen molar-refractivity contribution < 1.29 is 9.53 Å². The highest BCUT2D eigenvalue weighted by molar-refractivity contribution is 7.22. The Bertz CT molecular complexity index is 911. The van der Waals surface area contributed by atoms with Crippen LogP contribution in [0, 0.1) is 0 Å². The molecule has 0 aliphatic carbocycles. The van der Waals surface area contributed by atoms with Gasteiger partial charge in [-0.15, -0.1) is 0 Å². The zero-order valence-electron chi connectivity index (χ0n) is 13.5. The normalized spacial score (nSPS) is 10.8. The molecule has 7 heteroatoms. The topological polar surface area (TPSA) is 51.2 Å². The van der Waals surface area contributed by atoms with Crippen LogP contribution in [0.2, 0.25) is 10.0 Å². The van der Waals surface area contributed by atoms with Gasteiger partial charge in [0.05, 0.1) is 21.4 Å². The van der Waals surface area contributed by atoms with Crippen LogP contribution in [0.4, 0.5) is 5.13 Å². The lowest BCUT2D eigenvalue weighted by molar-refractivity contribution is 0.102. The first-order valence-electron chi connectivity index (χ1n) is 7.87. The number of anilines is 1. The van der Waals surface area contributed by atoms with E-state index in [9.17, 15) is 4.79 Å². The van der Waals surface area contributed by atoms with Crippen LogP contribution < -0.4 is 10.1 Å². The molecule has 0 bridgehead atoms. The standard InChI is InChI=1S/C18H16Cl2N2O2S/c1-2-3-9-24-12-6-4-5-11(10-12)17(23)22-18-21-16-14(25-18)8-7-13(19)15(16)20/h4-8,10H,2-3,9H2,1H3,(H,21,22,23). The maximum Gasteiger partial charge on any atom is 0.257 e. The summed E-state index contributed by atoms with van der Waals surface area (Å²) in [5, 5.41) is 4.10. The smallest absolute Gasteiger partial charge is 0.257 e. The number of hydrogen-bond acceptors (Lipinski definition) is 4. The second-order valence-electron chi connectivity index (χ2n) is 5.41. The molecule has 3 rings (SSSR count). The summed E-state index contributed by atoms with van der Waals surface area (Å²) in [6, 6.07) is 10.6. The number of aromatic nitrogens is 1. The Labute approximate surface area is 159 Å². The number of hydrogen-bond donors (Lipinski definition) is 1. The van der Waals surface area contributed by atoms with Crippen LogP contribution in [-0.2, 0) is 0 Å². The van der Waals surface area contributed by atoms with Crippen molar-refractivity contribution in [2.45, 2.75) is 19.8 Å². The molecule has 0 radical (unpaired) electrons. The Morgan fingerprint density at radius 2 is 2.12 bits per heavy atom. The zero-order valence-corrected chi connectivity index (χ0v) is 15.8. The van der Waals surface area contributed by atoms with Gasteiger partial charge in [0.15, 0.2) is 5.13 Å². The van der Waals surface area contributed by atoms with E-state index in [0.29, 0.717) is 38.6 Å². The molecule has 25 heavy (non-hydrogen) atoms. The lowest BCUT2D eigenvalue weighted by Crippen LogP contribution is -2.11. The molecule has 1 N–H and O–H groups in total. The number of halogens is 2. The van der Waals surface area contributed by atoms with Crippen molar-refractivity contribution in [3.63, 3.8) is 0 Å². The quantitative estimate of drug-likeness (QED) is 0.518. The van der Waals surface area contributed by atoms with Gasteiger partial charge in [0.25, 0.3) is 5.91 Å². The molecule has 0 unspecified atom stereocenters. The number of carbonyl (C=O) groups is 1. The van der Waals surface area contributed by atoms with Gasteiger partial charge in [0.1, 0.15) is 11.3 Å². The van der Waals surface area contributed by atoms with Crippen LogP contribution in [0.15, 0.2) is 36.4 Å². The van der Waals surface area contributed by atoms with Crippen molar-refractivity contribution in [2.75, 3.05) is 11.9 Å². The van der Waals surface area contributed by atoms with Crippen molar-refractivity contribution in [1.82, 2.24) is 4.98 Å². The average molecular weight is 395 g/mol. The number of nitrogens with one attached hydrogen (secondary N) is 1. The van der Waals surface area contributed by atoms with Crippen LogP contribution in [0.1, 0.15) is 30.1 Å². The lowest BCUT2D eigenvalue weighted by Gasteiger charge is -2.07. The Balaban J connectivity index is 1.76. The summed E-state index contributed by atoms with van der Waals surface area (Å²) in [6.45, 7) is 2.74. The molecule has 1 amide bonds. The molecule has 0 aliphatic rings. The number of rotatable bonds is 6.